The molecule has 1 aromatic rings. The number of Topliss-reactive ketones (excluding diaryl/α,β-unsaturated/α-hetero) is 1. The summed E-state index contributed by atoms with van der Waals surface area (Å²) in [4.78, 5) is 11.8. The molecule has 0 radical (unpaired) electrons. The van der Waals surface area contributed by atoms with E-state index in [4.69, 9.17) is 0 Å². The zero-order valence-corrected chi connectivity index (χ0v) is 5.90. The molecule has 54 valence electrons. The number of tetrazole rings is 1. The number of carbonyl (C=O) groups excluding carboxylic acids is 1. The molecule has 0 N–H and O–H groups in total. The first-order chi connectivity index (χ1) is 4.68. The average molecular weight is 140 g/mol. The van der Waals surface area contributed by atoms with Crippen LogP contribution >= 0.6 is 0 Å². The Morgan fingerprint density at radius 1 is 1.70 bits per heavy atom. The van der Waals surface area contributed by atoms with Crippen molar-refractivity contribution in [1.29, 1.82) is 0 Å². The van der Waals surface area contributed by atoms with E-state index >= 15 is 0 Å². The van der Waals surface area contributed by atoms with Gasteiger partial charge in [-0.05, 0) is 12.1 Å². The van der Waals surface area contributed by atoms with E-state index < -0.39 is 0 Å². The first kappa shape index (κ1) is 6.85. The van der Waals surface area contributed by atoms with Crippen LogP contribution in [0, 0.1) is 0 Å². The van der Waals surface area contributed by atoms with Crippen LogP contribution < -0.4 is 0 Å². The highest BCUT2D eigenvalue weighted by Crippen LogP contribution is 1.86. The minimum atomic E-state index is 0.0491. The minimum Gasteiger partial charge on any atom is -0.300 e. The highest BCUT2D eigenvalue weighted by atomic mass is 16.1. The molecular weight excluding hydrogens is 132 g/mol. The summed E-state index contributed by atoms with van der Waals surface area (Å²) in [6.07, 6.45) is 0.272. The lowest BCUT2D eigenvalue weighted by Gasteiger charge is -1.83. The Hall–Kier alpha value is -1.26. The van der Waals surface area contributed by atoms with Gasteiger partial charge in [-0.15, -0.1) is 10.2 Å². The van der Waals surface area contributed by atoms with E-state index in [-0.39, 0.29) is 12.2 Å². The number of carbonyl (C=O) groups is 1. The number of aromatic nitrogens is 4. The van der Waals surface area contributed by atoms with Crippen molar-refractivity contribution in [1.82, 2.24) is 20.2 Å². The first-order valence-corrected chi connectivity index (χ1v) is 2.91. The van der Waals surface area contributed by atoms with Gasteiger partial charge in [0, 0.05) is 0 Å². The molecule has 0 aliphatic rings. The van der Waals surface area contributed by atoms with Gasteiger partial charge in [-0.2, -0.15) is 4.80 Å². The molecule has 5 heteroatoms. The molecular formula is C5H8N4O. The van der Waals surface area contributed by atoms with Crippen molar-refractivity contribution >= 4 is 5.78 Å². The molecule has 0 unspecified atom stereocenters. The lowest BCUT2D eigenvalue weighted by molar-refractivity contribution is -0.116. The Bertz CT molecular complexity index is 242. The average Bonchev–Trinajstić information content (AvgIpc) is 2.13. The van der Waals surface area contributed by atoms with Crippen LogP contribution in [0.4, 0.5) is 0 Å². The molecule has 0 bridgehead atoms. The van der Waals surface area contributed by atoms with Crippen molar-refractivity contribution in [3.63, 3.8) is 0 Å². The zero-order valence-electron chi connectivity index (χ0n) is 5.90. The predicted octanol–water partition coefficient (Wildman–Crippen LogP) is -0.658. The summed E-state index contributed by atoms with van der Waals surface area (Å²) < 4.78 is 0. The quantitative estimate of drug-likeness (QED) is 0.547. The van der Waals surface area contributed by atoms with Crippen molar-refractivity contribution in [3.05, 3.63) is 5.82 Å². The fourth-order valence-electron chi connectivity index (χ4n) is 0.617. The molecule has 1 heterocycles. The Kier molecular flexibility index (Phi) is 1.75. The molecule has 0 atom stereocenters. The van der Waals surface area contributed by atoms with Gasteiger partial charge in [0.25, 0.3) is 0 Å². The molecule has 1 aromatic heterocycles. The summed E-state index contributed by atoms with van der Waals surface area (Å²) in [5, 5.41) is 11.0. The van der Waals surface area contributed by atoms with Gasteiger partial charge < -0.3 is 0 Å². The summed E-state index contributed by atoms with van der Waals surface area (Å²) in [6, 6.07) is 0. The van der Waals surface area contributed by atoms with E-state index in [1.165, 1.54) is 11.7 Å². The van der Waals surface area contributed by atoms with E-state index in [1.807, 2.05) is 0 Å². The molecule has 0 saturated heterocycles. The van der Waals surface area contributed by atoms with Crippen LogP contribution in [0.1, 0.15) is 12.7 Å². The smallest absolute Gasteiger partial charge is 0.182 e. The highest BCUT2D eigenvalue weighted by molar-refractivity contribution is 5.77. The zero-order chi connectivity index (χ0) is 7.56. The summed E-state index contributed by atoms with van der Waals surface area (Å²) in [5.41, 5.74) is 0. The standard InChI is InChI=1S/C5H8N4O/c1-4(10)3-5-6-8-9(2)7-5/h3H2,1-2H3. The van der Waals surface area contributed by atoms with Crippen LogP contribution in [0.5, 0.6) is 0 Å². The third-order valence-corrected chi connectivity index (χ3v) is 0.957. The Labute approximate surface area is 58.0 Å². The minimum absolute atomic E-state index is 0.0491. The van der Waals surface area contributed by atoms with Crippen molar-refractivity contribution in [2.24, 2.45) is 7.05 Å². The monoisotopic (exact) mass is 140 g/mol. The number of rotatable bonds is 2. The number of aryl methyl sites for hydroxylation is 1. The maximum absolute atomic E-state index is 10.5. The number of hydrogen-bond donors (Lipinski definition) is 0. The van der Waals surface area contributed by atoms with Crippen molar-refractivity contribution in [3.8, 4) is 0 Å². The first-order valence-electron chi connectivity index (χ1n) is 2.91. The van der Waals surface area contributed by atoms with Gasteiger partial charge in [0.15, 0.2) is 5.82 Å². The third kappa shape index (κ3) is 1.61. The predicted molar refractivity (Wildman–Crippen MR) is 33.2 cm³/mol. The lowest BCUT2D eigenvalue weighted by atomic mass is 10.3. The summed E-state index contributed by atoms with van der Waals surface area (Å²) in [6.45, 7) is 1.50. The normalized spacial score (nSPS) is 9.80. The van der Waals surface area contributed by atoms with Gasteiger partial charge in [0.2, 0.25) is 0 Å². The molecule has 0 amide bonds. The van der Waals surface area contributed by atoms with E-state index in [9.17, 15) is 4.79 Å². The van der Waals surface area contributed by atoms with Gasteiger partial charge in [0.1, 0.15) is 5.78 Å². The van der Waals surface area contributed by atoms with E-state index in [0.29, 0.717) is 5.82 Å². The van der Waals surface area contributed by atoms with Gasteiger partial charge in [-0.25, -0.2) is 0 Å². The molecule has 10 heavy (non-hydrogen) atoms. The van der Waals surface area contributed by atoms with Crippen LogP contribution in [-0.4, -0.2) is 26.0 Å². The number of ketones is 1. The number of nitrogens with zero attached hydrogens (tertiary/aromatic N) is 4. The molecule has 0 aliphatic carbocycles. The van der Waals surface area contributed by atoms with E-state index in [1.54, 1.807) is 7.05 Å². The van der Waals surface area contributed by atoms with Crippen molar-refractivity contribution in [2.75, 3.05) is 0 Å². The van der Waals surface area contributed by atoms with Gasteiger partial charge in [-0.3, -0.25) is 4.79 Å². The largest absolute Gasteiger partial charge is 0.300 e. The van der Waals surface area contributed by atoms with Crippen LogP contribution in [-0.2, 0) is 18.3 Å². The Morgan fingerprint density at radius 2 is 2.40 bits per heavy atom. The highest BCUT2D eigenvalue weighted by Gasteiger charge is 2.01. The fourth-order valence-corrected chi connectivity index (χ4v) is 0.617. The third-order valence-electron chi connectivity index (χ3n) is 0.957. The second-order valence-corrected chi connectivity index (χ2v) is 2.07. The molecule has 0 aromatic carbocycles. The summed E-state index contributed by atoms with van der Waals surface area (Å²) in [5.74, 6) is 0.531. The van der Waals surface area contributed by atoms with Crippen LogP contribution in [0.15, 0.2) is 0 Å². The Morgan fingerprint density at radius 3 is 2.80 bits per heavy atom. The topological polar surface area (TPSA) is 60.7 Å². The molecule has 0 spiro atoms. The lowest BCUT2D eigenvalue weighted by Crippen LogP contribution is -1.99. The fraction of sp³-hybridized carbons (Fsp3) is 0.600. The van der Waals surface area contributed by atoms with Gasteiger partial charge in [-0.1, -0.05) is 0 Å². The van der Waals surface area contributed by atoms with E-state index in [2.05, 4.69) is 15.4 Å². The SMILES string of the molecule is CC(=O)Cc1nnn(C)n1. The Balaban J connectivity index is 2.67. The second-order valence-electron chi connectivity index (χ2n) is 2.07. The van der Waals surface area contributed by atoms with Crippen LogP contribution in [0.3, 0.4) is 0 Å². The maximum atomic E-state index is 10.5. The van der Waals surface area contributed by atoms with Crippen molar-refractivity contribution < 1.29 is 4.79 Å². The molecule has 0 aliphatic heterocycles. The van der Waals surface area contributed by atoms with Crippen LogP contribution in [0.2, 0.25) is 0 Å². The molecule has 1 rings (SSSR count). The van der Waals surface area contributed by atoms with Crippen molar-refractivity contribution in [2.45, 2.75) is 13.3 Å². The van der Waals surface area contributed by atoms with Gasteiger partial charge in [0.05, 0.1) is 13.5 Å². The van der Waals surface area contributed by atoms with Gasteiger partial charge >= 0.3 is 0 Å². The number of hydrogen-bond acceptors (Lipinski definition) is 4. The van der Waals surface area contributed by atoms with Crippen LogP contribution in [0.25, 0.3) is 0 Å². The summed E-state index contributed by atoms with van der Waals surface area (Å²) in [7, 11) is 1.66. The summed E-state index contributed by atoms with van der Waals surface area (Å²) >= 11 is 0. The molecule has 5 nitrogen and oxygen atoms in total. The second kappa shape index (κ2) is 2.55. The maximum Gasteiger partial charge on any atom is 0.182 e. The van der Waals surface area contributed by atoms with E-state index in [0.717, 1.165) is 0 Å². The molecule has 0 fully saturated rings. The molecule has 0 saturated carbocycles.